The van der Waals surface area contributed by atoms with Gasteiger partial charge in [0.05, 0.1) is 0 Å². The molecule has 2 aromatic rings. The zero-order chi connectivity index (χ0) is 13.0. The number of hydrogen-bond donors (Lipinski definition) is 1. The molecule has 0 spiro atoms. The van der Waals surface area contributed by atoms with Crippen molar-refractivity contribution in [3.05, 3.63) is 47.5 Å². The van der Waals surface area contributed by atoms with Crippen molar-refractivity contribution in [2.24, 2.45) is 0 Å². The first-order chi connectivity index (χ1) is 8.63. The monoisotopic (exact) mass is 242 g/mol. The zero-order valence-electron chi connectivity index (χ0n) is 11.0. The van der Waals surface area contributed by atoms with Gasteiger partial charge in [-0.25, -0.2) is 9.97 Å². The number of aryl methyl sites for hydroxylation is 2. The molecule has 2 rings (SSSR count). The minimum absolute atomic E-state index is 0.286. The molecule has 2 aromatic heterocycles. The normalized spacial score (nSPS) is 12.2. The fourth-order valence-corrected chi connectivity index (χ4v) is 1.93. The van der Waals surface area contributed by atoms with E-state index in [1.807, 2.05) is 44.4 Å². The SMILES string of the molecule is Cc1cc(C)nc(NC(C)Cc2ccncc2)n1. The molecule has 0 aliphatic rings. The molecule has 4 heteroatoms. The molecule has 0 radical (unpaired) electrons. The van der Waals surface area contributed by atoms with Gasteiger partial charge in [-0.1, -0.05) is 0 Å². The fraction of sp³-hybridized carbons (Fsp3) is 0.357. The summed E-state index contributed by atoms with van der Waals surface area (Å²) in [5.74, 6) is 0.703. The van der Waals surface area contributed by atoms with Gasteiger partial charge in [0.15, 0.2) is 0 Å². The van der Waals surface area contributed by atoms with E-state index in [0.717, 1.165) is 17.8 Å². The largest absolute Gasteiger partial charge is 0.351 e. The molecule has 0 aliphatic carbocycles. The molecule has 0 saturated carbocycles. The lowest BCUT2D eigenvalue weighted by Gasteiger charge is -2.14. The van der Waals surface area contributed by atoms with E-state index >= 15 is 0 Å². The summed E-state index contributed by atoms with van der Waals surface area (Å²) in [6.07, 6.45) is 4.56. The Morgan fingerprint density at radius 3 is 2.33 bits per heavy atom. The molecule has 1 unspecified atom stereocenters. The summed E-state index contributed by atoms with van der Waals surface area (Å²) in [4.78, 5) is 12.8. The Morgan fingerprint density at radius 2 is 1.72 bits per heavy atom. The predicted octanol–water partition coefficient (Wildman–Crippen LogP) is 2.53. The first kappa shape index (κ1) is 12.5. The molecule has 4 nitrogen and oxygen atoms in total. The Balaban J connectivity index is 2.01. The van der Waals surface area contributed by atoms with Crippen LogP contribution in [0.25, 0.3) is 0 Å². The Kier molecular flexibility index (Phi) is 3.87. The Bertz CT molecular complexity index is 490. The summed E-state index contributed by atoms with van der Waals surface area (Å²) in [7, 11) is 0. The third-order valence-electron chi connectivity index (χ3n) is 2.65. The van der Waals surface area contributed by atoms with Gasteiger partial charge in [0.25, 0.3) is 0 Å². The fourth-order valence-electron chi connectivity index (χ4n) is 1.93. The number of rotatable bonds is 4. The van der Waals surface area contributed by atoms with Crippen LogP contribution in [0.15, 0.2) is 30.6 Å². The van der Waals surface area contributed by atoms with Crippen molar-refractivity contribution >= 4 is 5.95 Å². The molecule has 0 saturated heterocycles. The minimum Gasteiger partial charge on any atom is -0.351 e. The Hall–Kier alpha value is -1.97. The van der Waals surface area contributed by atoms with Crippen molar-refractivity contribution in [1.82, 2.24) is 15.0 Å². The number of pyridine rings is 1. The van der Waals surface area contributed by atoms with Crippen molar-refractivity contribution in [3.8, 4) is 0 Å². The van der Waals surface area contributed by atoms with Crippen molar-refractivity contribution in [2.45, 2.75) is 33.2 Å². The first-order valence-electron chi connectivity index (χ1n) is 6.11. The highest BCUT2D eigenvalue weighted by atomic mass is 15.1. The Morgan fingerprint density at radius 1 is 1.11 bits per heavy atom. The van der Waals surface area contributed by atoms with Gasteiger partial charge in [-0.15, -0.1) is 0 Å². The van der Waals surface area contributed by atoms with Crippen LogP contribution in [0.3, 0.4) is 0 Å². The van der Waals surface area contributed by atoms with Crippen molar-refractivity contribution in [3.63, 3.8) is 0 Å². The first-order valence-corrected chi connectivity index (χ1v) is 6.11. The molecule has 0 amide bonds. The number of hydrogen-bond acceptors (Lipinski definition) is 4. The summed E-state index contributed by atoms with van der Waals surface area (Å²) >= 11 is 0. The van der Waals surface area contributed by atoms with Crippen LogP contribution in [0, 0.1) is 13.8 Å². The molecule has 1 N–H and O–H groups in total. The van der Waals surface area contributed by atoms with E-state index in [4.69, 9.17) is 0 Å². The molecule has 1 atom stereocenters. The number of nitrogens with one attached hydrogen (secondary N) is 1. The average molecular weight is 242 g/mol. The average Bonchev–Trinajstić information content (AvgIpc) is 2.28. The smallest absolute Gasteiger partial charge is 0.223 e. The van der Waals surface area contributed by atoms with Gasteiger partial charge in [-0.05, 0) is 51.0 Å². The van der Waals surface area contributed by atoms with E-state index in [-0.39, 0.29) is 6.04 Å². The van der Waals surface area contributed by atoms with Gasteiger partial charge in [0.1, 0.15) is 0 Å². The van der Waals surface area contributed by atoms with Crippen LogP contribution in [0.4, 0.5) is 5.95 Å². The lowest BCUT2D eigenvalue weighted by molar-refractivity contribution is 0.773. The molecular formula is C14H18N4. The number of aromatic nitrogens is 3. The third kappa shape index (κ3) is 3.52. The quantitative estimate of drug-likeness (QED) is 0.895. The predicted molar refractivity (Wildman–Crippen MR) is 72.5 cm³/mol. The summed E-state index contributed by atoms with van der Waals surface area (Å²) < 4.78 is 0. The van der Waals surface area contributed by atoms with Gasteiger partial charge in [-0.2, -0.15) is 0 Å². The number of nitrogens with zero attached hydrogens (tertiary/aromatic N) is 3. The van der Waals surface area contributed by atoms with Gasteiger partial charge in [0, 0.05) is 29.8 Å². The highest BCUT2D eigenvalue weighted by Gasteiger charge is 2.06. The highest BCUT2D eigenvalue weighted by Crippen LogP contribution is 2.08. The van der Waals surface area contributed by atoms with Crippen LogP contribution in [-0.4, -0.2) is 21.0 Å². The summed E-state index contributed by atoms with van der Waals surface area (Å²) in [5, 5.41) is 3.33. The molecule has 94 valence electrons. The maximum atomic E-state index is 4.38. The van der Waals surface area contributed by atoms with E-state index in [9.17, 15) is 0 Å². The second-order valence-corrected chi connectivity index (χ2v) is 4.58. The molecule has 18 heavy (non-hydrogen) atoms. The van der Waals surface area contributed by atoms with Gasteiger partial charge in [0.2, 0.25) is 5.95 Å². The third-order valence-corrected chi connectivity index (χ3v) is 2.65. The lowest BCUT2D eigenvalue weighted by Crippen LogP contribution is -2.20. The Labute approximate surface area is 108 Å². The van der Waals surface area contributed by atoms with Crippen molar-refractivity contribution < 1.29 is 0 Å². The van der Waals surface area contributed by atoms with E-state index in [2.05, 4.69) is 27.2 Å². The van der Waals surface area contributed by atoms with Gasteiger partial charge >= 0.3 is 0 Å². The minimum atomic E-state index is 0.286. The molecule has 0 bridgehead atoms. The van der Waals surface area contributed by atoms with Crippen LogP contribution in [-0.2, 0) is 6.42 Å². The topological polar surface area (TPSA) is 50.7 Å². The number of anilines is 1. The van der Waals surface area contributed by atoms with Gasteiger partial charge in [-0.3, -0.25) is 4.98 Å². The van der Waals surface area contributed by atoms with Crippen LogP contribution in [0.2, 0.25) is 0 Å². The van der Waals surface area contributed by atoms with E-state index in [1.54, 1.807) is 0 Å². The summed E-state index contributed by atoms with van der Waals surface area (Å²) in [6, 6.07) is 6.31. The van der Waals surface area contributed by atoms with Crippen LogP contribution < -0.4 is 5.32 Å². The van der Waals surface area contributed by atoms with E-state index in [1.165, 1.54) is 5.56 Å². The van der Waals surface area contributed by atoms with Crippen LogP contribution in [0.1, 0.15) is 23.9 Å². The summed E-state index contributed by atoms with van der Waals surface area (Å²) in [6.45, 7) is 6.09. The van der Waals surface area contributed by atoms with Gasteiger partial charge < -0.3 is 5.32 Å². The van der Waals surface area contributed by atoms with E-state index < -0.39 is 0 Å². The lowest BCUT2D eigenvalue weighted by atomic mass is 10.1. The van der Waals surface area contributed by atoms with Crippen molar-refractivity contribution in [1.29, 1.82) is 0 Å². The molecule has 0 fully saturated rings. The molecule has 2 heterocycles. The van der Waals surface area contributed by atoms with Crippen molar-refractivity contribution in [2.75, 3.05) is 5.32 Å². The van der Waals surface area contributed by atoms with E-state index in [0.29, 0.717) is 5.95 Å². The maximum absolute atomic E-state index is 4.38. The standard InChI is InChI=1S/C14H18N4/c1-10-8-11(2)17-14(16-10)18-12(3)9-13-4-6-15-7-5-13/h4-8,12H,9H2,1-3H3,(H,16,17,18). The second-order valence-electron chi connectivity index (χ2n) is 4.58. The summed E-state index contributed by atoms with van der Waals surface area (Å²) in [5.41, 5.74) is 3.23. The zero-order valence-corrected chi connectivity index (χ0v) is 11.0. The molecule has 0 aromatic carbocycles. The van der Waals surface area contributed by atoms with Crippen LogP contribution in [0.5, 0.6) is 0 Å². The maximum Gasteiger partial charge on any atom is 0.223 e. The molecule has 0 aliphatic heterocycles. The molecular weight excluding hydrogens is 224 g/mol. The second kappa shape index (κ2) is 5.58. The van der Waals surface area contributed by atoms with Crippen LogP contribution >= 0.6 is 0 Å². The highest BCUT2D eigenvalue weighted by molar-refractivity contribution is 5.29.